The summed E-state index contributed by atoms with van der Waals surface area (Å²) in [6, 6.07) is 8.09. The molecule has 0 bridgehead atoms. The van der Waals surface area contributed by atoms with Gasteiger partial charge in [-0.2, -0.15) is 0 Å². The van der Waals surface area contributed by atoms with Crippen LogP contribution in [0.25, 0.3) is 0 Å². The molecule has 0 radical (unpaired) electrons. The Morgan fingerprint density at radius 3 is 2.50 bits per heavy atom. The van der Waals surface area contributed by atoms with Gasteiger partial charge in [-0.05, 0) is 43.7 Å². The molecule has 1 N–H and O–H groups in total. The normalized spacial score (nSPS) is 27.1. The Hall–Kier alpha value is -1.59. The Bertz CT molecular complexity index is 698. The Balaban J connectivity index is 1.28. The largest absolute Gasteiger partial charge is 0.352 e. The van der Waals surface area contributed by atoms with Crippen molar-refractivity contribution in [3.63, 3.8) is 0 Å². The SMILES string of the molecule is CC(C(=O)NC1CC1)N1CCN(C(=O)C2CC2c2ccccc2Cl)CC1. The molecule has 1 aliphatic heterocycles. The summed E-state index contributed by atoms with van der Waals surface area (Å²) < 4.78 is 0. The highest BCUT2D eigenvalue weighted by Crippen LogP contribution is 2.50. The van der Waals surface area contributed by atoms with E-state index in [1.165, 1.54) is 0 Å². The van der Waals surface area contributed by atoms with E-state index in [9.17, 15) is 9.59 Å². The van der Waals surface area contributed by atoms with E-state index in [1.54, 1.807) is 0 Å². The summed E-state index contributed by atoms with van der Waals surface area (Å²) in [6.45, 7) is 4.88. The van der Waals surface area contributed by atoms with Gasteiger partial charge in [-0.25, -0.2) is 0 Å². The topological polar surface area (TPSA) is 52.7 Å². The van der Waals surface area contributed by atoms with Crippen molar-refractivity contribution < 1.29 is 9.59 Å². The minimum absolute atomic E-state index is 0.0667. The lowest BCUT2D eigenvalue weighted by atomic mass is 10.1. The fraction of sp³-hybridized carbons (Fsp3) is 0.600. The van der Waals surface area contributed by atoms with Crippen LogP contribution in [0.5, 0.6) is 0 Å². The third-order valence-corrected chi connectivity index (χ3v) is 6.23. The molecule has 0 spiro atoms. The fourth-order valence-electron chi connectivity index (χ4n) is 3.87. The number of nitrogens with one attached hydrogen (secondary N) is 1. The van der Waals surface area contributed by atoms with Gasteiger partial charge in [0.2, 0.25) is 11.8 Å². The van der Waals surface area contributed by atoms with Crippen molar-refractivity contribution in [2.75, 3.05) is 26.2 Å². The Morgan fingerprint density at radius 1 is 1.15 bits per heavy atom. The van der Waals surface area contributed by atoms with E-state index in [0.29, 0.717) is 19.1 Å². The van der Waals surface area contributed by atoms with Crippen LogP contribution < -0.4 is 5.32 Å². The van der Waals surface area contributed by atoms with E-state index >= 15 is 0 Å². The van der Waals surface area contributed by atoms with Gasteiger partial charge in [-0.1, -0.05) is 29.8 Å². The first kappa shape index (κ1) is 17.8. The van der Waals surface area contributed by atoms with E-state index in [4.69, 9.17) is 11.6 Å². The highest BCUT2D eigenvalue weighted by molar-refractivity contribution is 6.31. The molecule has 6 heteroatoms. The minimum atomic E-state index is -0.121. The fourth-order valence-corrected chi connectivity index (χ4v) is 4.14. The Labute approximate surface area is 159 Å². The van der Waals surface area contributed by atoms with Gasteiger partial charge in [-0.15, -0.1) is 0 Å². The van der Waals surface area contributed by atoms with Crippen LogP contribution in [-0.4, -0.2) is 59.9 Å². The van der Waals surface area contributed by atoms with Crippen molar-refractivity contribution in [2.45, 2.75) is 44.2 Å². The van der Waals surface area contributed by atoms with Crippen LogP contribution in [0.4, 0.5) is 0 Å². The molecule has 4 rings (SSSR count). The number of hydrogen-bond donors (Lipinski definition) is 1. The number of hydrogen-bond acceptors (Lipinski definition) is 3. The number of carbonyl (C=O) groups excluding carboxylic acids is 2. The number of benzene rings is 1. The van der Waals surface area contributed by atoms with E-state index in [-0.39, 0.29) is 29.7 Å². The van der Waals surface area contributed by atoms with E-state index in [0.717, 1.165) is 42.9 Å². The van der Waals surface area contributed by atoms with E-state index in [1.807, 2.05) is 36.1 Å². The van der Waals surface area contributed by atoms with Crippen molar-refractivity contribution in [2.24, 2.45) is 5.92 Å². The standard InChI is InChI=1S/C20H26ClN3O2/c1-13(19(25)22-14-6-7-14)23-8-10-24(11-9-23)20(26)17-12-16(17)15-4-2-3-5-18(15)21/h2-5,13-14,16-17H,6-12H2,1H3,(H,22,25). The molecular weight excluding hydrogens is 350 g/mol. The van der Waals surface area contributed by atoms with Crippen LogP contribution in [0.3, 0.4) is 0 Å². The number of halogens is 1. The van der Waals surface area contributed by atoms with Gasteiger partial charge in [0.25, 0.3) is 0 Å². The van der Waals surface area contributed by atoms with Gasteiger partial charge in [0.05, 0.1) is 6.04 Å². The third kappa shape index (κ3) is 3.74. The number of rotatable bonds is 5. The summed E-state index contributed by atoms with van der Waals surface area (Å²) in [4.78, 5) is 29.2. The third-order valence-electron chi connectivity index (χ3n) is 5.89. The smallest absolute Gasteiger partial charge is 0.237 e. The second kappa shape index (κ2) is 7.20. The van der Waals surface area contributed by atoms with Gasteiger partial charge < -0.3 is 10.2 Å². The summed E-state index contributed by atoms with van der Waals surface area (Å²) >= 11 is 6.27. The first-order valence-electron chi connectivity index (χ1n) is 9.62. The predicted octanol–water partition coefficient (Wildman–Crippen LogP) is 2.25. The second-order valence-corrected chi connectivity index (χ2v) is 8.20. The average molecular weight is 376 g/mol. The lowest BCUT2D eigenvalue weighted by molar-refractivity contribution is -0.135. The monoisotopic (exact) mass is 375 g/mol. The molecule has 3 atom stereocenters. The van der Waals surface area contributed by atoms with Crippen LogP contribution in [-0.2, 0) is 9.59 Å². The van der Waals surface area contributed by atoms with Crippen LogP contribution in [0.1, 0.15) is 37.7 Å². The summed E-state index contributed by atoms with van der Waals surface area (Å²) in [6.07, 6.45) is 3.10. The lowest BCUT2D eigenvalue weighted by Gasteiger charge is -2.37. The molecule has 1 heterocycles. The van der Waals surface area contributed by atoms with Crippen molar-refractivity contribution in [1.29, 1.82) is 0 Å². The van der Waals surface area contributed by atoms with Crippen LogP contribution in [0.15, 0.2) is 24.3 Å². The maximum absolute atomic E-state index is 12.8. The highest BCUT2D eigenvalue weighted by Gasteiger charge is 2.47. The van der Waals surface area contributed by atoms with Gasteiger partial charge in [0.1, 0.15) is 0 Å². The van der Waals surface area contributed by atoms with Crippen LogP contribution in [0.2, 0.25) is 5.02 Å². The predicted molar refractivity (Wildman–Crippen MR) is 101 cm³/mol. The van der Waals surface area contributed by atoms with Gasteiger partial charge >= 0.3 is 0 Å². The molecule has 2 saturated carbocycles. The molecule has 1 aromatic carbocycles. The summed E-state index contributed by atoms with van der Waals surface area (Å²) in [5.74, 6) is 0.687. The van der Waals surface area contributed by atoms with Crippen molar-refractivity contribution in [3.8, 4) is 0 Å². The van der Waals surface area contributed by atoms with E-state index in [2.05, 4.69) is 10.2 Å². The van der Waals surface area contributed by atoms with Crippen LogP contribution in [0, 0.1) is 5.92 Å². The molecule has 3 aliphatic rings. The zero-order chi connectivity index (χ0) is 18.3. The lowest BCUT2D eigenvalue weighted by Crippen LogP contribution is -2.55. The molecule has 1 saturated heterocycles. The molecule has 3 unspecified atom stereocenters. The van der Waals surface area contributed by atoms with Crippen molar-refractivity contribution in [1.82, 2.24) is 15.1 Å². The summed E-state index contributed by atoms with van der Waals surface area (Å²) in [5, 5.41) is 3.83. The molecule has 140 valence electrons. The Kier molecular flexibility index (Phi) is 4.93. The van der Waals surface area contributed by atoms with E-state index < -0.39 is 0 Å². The number of nitrogens with zero attached hydrogens (tertiary/aromatic N) is 2. The Morgan fingerprint density at radius 2 is 1.85 bits per heavy atom. The minimum Gasteiger partial charge on any atom is -0.352 e. The zero-order valence-electron chi connectivity index (χ0n) is 15.2. The molecule has 3 fully saturated rings. The molecule has 5 nitrogen and oxygen atoms in total. The molecular formula is C20H26ClN3O2. The maximum Gasteiger partial charge on any atom is 0.237 e. The maximum atomic E-state index is 12.8. The average Bonchev–Trinajstić information content (AvgIpc) is 3.56. The van der Waals surface area contributed by atoms with Crippen molar-refractivity contribution >= 4 is 23.4 Å². The first-order chi connectivity index (χ1) is 12.5. The summed E-state index contributed by atoms with van der Waals surface area (Å²) in [5.41, 5.74) is 1.09. The summed E-state index contributed by atoms with van der Waals surface area (Å²) in [7, 11) is 0. The quantitative estimate of drug-likeness (QED) is 0.858. The molecule has 2 aliphatic carbocycles. The number of amides is 2. The van der Waals surface area contributed by atoms with Crippen molar-refractivity contribution in [3.05, 3.63) is 34.9 Å². The van der Waals surface area contributed by atoms with Gasteiger partial charge in [-0.3, -0.25) is 14.5 Å². The van der Waals surface area contributed by atoms with Gasteiger partial charge in [0.15, 0.2) is 0 Å². The molecule has 26 heavy (non-hydrogen) atoms. The van der Waals surface area contributed by atoms with Gasteiger partial charge in [0, 0.05) is 43.2 Å². The second-order valence-electron chi connectivity index (χ2n) is 7.79. The first-order valence-corrected chi connectivity index (χ1v) is 10.00. The molecule has 1 aromatic rings. The highest BCUT2D eigenvalue weighted by atomic mass is 35.5. The molecule has 2 amide bonds. The zero-order valence-corrected chi connectivity index (χ0v) is 15.9. The number of piperazine rings is 1. The number of carbonyl (C=O) groups is 2. The van der Waals surface area contributed by atoms with Crippen LogP contribution >= 0.6 is 11.6 Å². The molecule has 0 aromatic heterocycles.